The average molecular weight is 190 g/mol. The van der Waals surface area contributed by atoms with E-state index >= 15 is 0 Å². The first kappa shape index (κ1) is 61.1. The van der Waals surface area contributed by atoms with Crippen LogP contribution in [-0.4, -0.2) is 0 Å². The maximum atomic E-state index is 0. The zero-order valence-corrected chi connectivity index (χ0v) is 10.7. The normalized spacial score (nSPS) is 0. The molecule has 0 atom stereocenters. The Labute approximate surface area is 107 Å². The summed E-state index contributed by atoms with van der Waals surface area (Å²) in [4.78, 5) is 0. The van der Waals surface area contributed by atoms with Gasteiger partial charge in [-0.05, 0) is 0 Å². The largest absolute Gasteiger partial charge is 1.00 e. The average Bonchev–Trinajstić information content (AvgIpc) is 0. The minimum absolute atomic E-state index is 0. The van der Waals surface area contributed by atoms with Gasteiger partial charge in [0, 0.05) is 0 Å². The molecule has 6 heteroatoms. The van der Waals surface area contributed by atoms with Crippen molar-refractivity contribution in [1.82, 2.24) is 0 Å². The van der Waals surface area contributed by atoms with Crippen LogP contribution in [0.4, 0.5) is 0 Å². The fourth-order valence-electron chi connectivity index (χ4n) is 0. The molecule has 0 heterocycles. The van der Waals surface area contributed by atoms with Crippen LogP contribution in [0.1, 0.15) is 0 Å². The topological polar surface area (TPSA) is 0 Å². The molecule has 0 aliphatic rings. The van der Waals surface area contributed by atoms with E-state index in [2.05, 4.69) is 0 Å². The van der Waals surface area contributed by atoms with Crippen molar-refractivity contribution in [2.75, 3.05) is 0 Å². The molecule has 0 unspecified atom stereocenters. The Bertz CT molecular complexity index is 5.51. The minimum Gasteiger partial charge on any atom is -1.00 e. The third kappa shape index (κ3) is 27.2. The van der Waals surface area contributed by atoms with Gasteiger partial charge in [0.25, 0.3) is 0 Å². The predicted octanol–water partition coefficient (Wildman–Crippen LogP) is -11.1. The summed E-state index contributed by atoms with van der Waals surface area (Å²) in [6.45, 7) is 0. The Morgan fingerprint density at radius 1 is 0.500 bits per heavy atom. The third-order valence-electron chi connectivity index (χ3n) is 0. The van der Waals surface area contributed by atoms with Crippen molar-refractivity contribution >= 4 is 24.8 Å². The Balaban J connectivity index is 0. The van der Waals surface area contributed by atoms with Crippen LogP contribution < -0.4 is 83.9 Å². The van der Waals surface area contributed by atoms with Crippen LogP contribution in [-0.2, 0) is 0 Å². The smallest absolute Gasteiger partial charge is 1.00 e. The molecule has 0 aromatic carbocycles. The fourth-order valence-corrected chi connectivity index (χ4v) is 0. The fraction of sp³-hybridized carbons (Fsp3) is 0. The van der Waals surface area contributed by atoms with Crippen LogP contribution in [0, 0.1) is 0 Å². The summed E-state index contributed by atoms with van der Waals surface area (Å²) < 4.78 is 0. The van der Waals surface area contributed by atoms with Gasteiger partial charge in [-0.2, -0.15) is 0 Å². The Morgan fingerprint density at radius 2 is 0.500 bits per heavy atom. The van der Waals surface area contributed by atoms with E-state index in [-0.39, 0.29) is 109 Å². The van der Waals surface area contributed by atoms with Crippen molar-refractivity contribution in [3.63, 3.8) is 0 Å². The van der Waals surface area contributed by atoms with Gasteiger partial charge in [-0.3, -0.25) is 0 Å². The van der Waals surface area contributed by atoms with Gasteiger partial charge in [0.15, 0.2) is 0 Å². The Morgan fingerprint density at radius 3 is 0.500 bits per heavy atom. The molecule has 0 rings (SSSR count). The van der Waals surface area contributed by atoms with E-state index < -0.39 is 0 Å². The van der Waals surface area contributed by atoms with Crippen LogP contribution in [0.25, 0.3) is 0 Å². The summed E-state index contributed by atoms with van der Waals surface area (Å²) in [7, 11) is 0. The Hall–Kier alpha value is 3.16. The van der Waals surface area contributed by atoms with Gasteiger partial charge in [-0.15, -0.1) is 24.8 Å². The molecule has 0 aliphatic heterocycles. The molecule has 0 saturated carbocycles. The second kappa shape index (κ2) is 41.9. The molecule has 32 valence electrons. The molecule has 0 amide bonds. The summed E-state index contributed by atoms with van der Waals surface area (Å²) in [6.07, 6.45) is 0. The van der Waals surface area contributed by atoms with Gasteiger partial charge in [0.05, 0.1) is 0 Å². The maximum absolute atomic E-state index is 0. The Kier molecular flexibility index (Phi) is 426. The minimum atomic E-state index is 0. The molecule has 6 heavy (non-hydrogen) atoms. The van der Waals surface area contributed by atoms with Crippen molar-refractivity contribution in [2.24, 2.45) is 0 Å². The van der Waals surface area contributed by atoms with E-state index in [0.29, 0.717) is 0 Å². The first-order valence-corrected chi connectivity index (χ1v) is 0. The molecule has 0 fully saturated rings. The van der Waals surface area contributed by atoms with E-state index in [1.807, 2.05) is 0 Å². The number of hydrogen-bond donors (Lipinski definition) is 0. The van der Waals surface area contributed by atoms with Crippen LogP contribution >= 0.6 is 24.8 Å². The summed E-state index contributed by atoms with van der Waals surface area (Å²) in [5.41, 5.74) is 0. The van der Waals surface area contributed by atoms with Crippen molar-refractivity contribution in [3.8, 4) is 0 Å². The summed E-state index contributed by atoms with van der Waals surface area (Å²) in [5, 5.41) is 0. The van der Waals surface area contributed by atoms with E-state index in [4.69, 9.17) is 0 Å². The van der Waals surface area contributed by atoms with Gasteiger partial charge >= 0.3 is 59.1 Å². The second-order valence-corrected chi connectivity index (χ2v) is 0. The van der Waals surface area contributed by atoms with Crippen LogP contribution in [0.5, 0.6) is 0 Å². The number of hydrogen-bond acceptors (Lipinski definition) is 0. The van der Waals surface area contributed by atoms with Gasteiger partial charge in [-0.1, -0.05) is 0 Å². The molecule has 0 aromatic heterocycles. The van der Waals surface area contributed by atoms with Crippen molar-refractivity contribution in [2.45, 2.75) is 0 Å². The second-order valence-electron chi connectivity index (χ2n) is 0. The molecular weight excluding hydrogens is 188 g/mol. The molecule has 0 aliphatic carbocycles. The van der Waals surface area contributed by atoms with E-state index in [1.54, 1.807) is 0 Å². The van der Waals surface area contributed by atoms with Gasteiger partial charge in [-0.25, -0.2) is 0 Å². The quantitative estimate of drug-likeness (QED) is 0.332. The van der Waals surface area contributed by atoms with Crippen LogP contribution in [0.2, 0.25) is 0 Å². The van der Waals surface area contributed by atoms with E-state index in [1.165, 1.54) is 0 Å². The summed E-state index contributed by atoms with van der Waals surface area (Å²) in [6, 6.07) is 0. The van der Waals surface area contributed by atoms with E-state index in [9.17, 15) is 0 Å². The summed E-state index contributed by atoms with van der Waals surface area (Å²) in [5.74, 6) is 0. The van der Waals surface area contributed by atoms with Crippen molar-refractivity contribution in [1.29, 1.82) is 0 Å². The molecule has 0 spiro atoms. The molecule has 0 nitrogen and oxygen atoms in total. The number of rotatable bonds is 0. The van der Waals surface area contributed by atoms with Gasteiger partial charge in [0.2, 0.25) is 0 Å². The van der Waals surface area contributed by atoms with Crippen molar-refractivity contribution in [3.05, 3.63) is 0 Å². The monoisotopic (exact) mass is 188 g/mol. The molecule has 0 bridgehead atoms. The first-order chi connectivity index (χ1) is 0. The van der Waals surface area contributed by atoms with Gasteiger partial charge in [0.1, 0.15) is 0 Å². The molecule has 0 aromatic rings. The first-order valence-electron chi connectivity index (χ1n) is 0. The SMILES string of the molecule is Cl.Cl.[Cl-].[Cl-].[Na+].[Na+]. The van der Waals surface area contributed by atoms with E-state index in [0.717, 1.165) is 0 Å². The summed E-state index contributed by atoms with van der Waals surface area (Å²) >= 11 is 0. The molecule has 0 radical (unpaired) electrons. The van der Waals surface area contributed by atoms with Crippen LogP contribution in [0.15, 0.2) is 0 Å². The standard InChI is InChI=1S/4ClH.2Na/h4*1H;;/q;;;;2*+1/p-2. The molecule has 0 saturated heterocycles. The zero-order chi connectivity index (χ0) is 0. The predicted molar refractivity (Wildman–Crippen MR) is 14.5 cm³/mol. The molecule has 0 N–H and O–H groups in total. The molecular formula is H2Cl4Na2. The number of halogens is 4. The van der Waals surface area contributed by atoms with Crippen molar-refractivity contribution < 1.29 is 83.9 Å². The van der Waals surface area contributed by atoms with Gasteiger partial charge < -0.3 is 24.8 Å². The maximum Gasteiger partial charge on any atom is 1.00 e. The third-order valence-corrected chi connectivity index (χ3v) is 0. The zero-order valence-electron chi connectivity index (χ0n) is 3.57. The van der Waals surface area contributed by atoms with Crippen LogP contribution in [0.3, 0.4) is 0 Å².